The standard InChI is InChI=1S/C8H12N2O2/c1-5-7(12)10-6(11)2-8(5)3-9-4-8/h5,9H,2-4H2,1H3,(H,10,11,12). The van der Waals surface area contributed by atoms with Crippen molar-refractivity contribution in [2.45, 2.75) is 13.3 Å². The highest BCUT2D eigenvalue weighted by molar-refractivity contribution is 5.99. The van der Waals surface area contributed by atoms with Crippen molar-refractivity contribution in [3.63, 3.8) is 0 Å². The Bertz CT molecular complexity index is 245. The third-order valence-electron chi connectivity index (χ3n) is 3.04. The average molecular weight is 168 g/mol. The van der Waals surface area contributed by atoms with Crippen LogP contribution in [-0.2, 0) is 9.59 Å². The van der Waals surface area contributed by atoms with E-state index in [9.17, 15) is 9.59 Å². The Morgan fingerprint density at radius 1 is 1.42 bits per heavy atom. The van der Waals surface area contributed by atoms with Gasteiger partial charge >= 0.3 is 0 Å². The van der Waals surface area contributed by atoms with E-state index in [4.69, 9.17) is 0 Å². The molecular formula is C8H12N2O2. The summed E-state index contributed by atoms with van der Waals surface area (Å²) in [6.45, 7) is 3.49. The number of amides is 2. The van der Waals surface area contributed by atoms with E-state index in [1.807, 2.05) is 6.92 Å². The van der Waals surface area contributed by atoms with Crippen molar-refractivity contribution in [3.05, 3.63) is 0 Å². The van der Waals surface area contributed by atoms with Gasteiger partial charge in [-0.3, -0.25) is 14.9 Å². The predicted molar refractivity (Wildman–Crippen MR) is 42.2 cm³/mol. The van der Waals surface area contributed by atoms with Gasteiger partial charge < -0.3 is 5.32 Å². The monoisotopic (exact) mass is 168 g/mol. The molecule has 2 heterocycles. The molecule has 1 unspecified atom stereocenters. The fourth-order valence-corrected chi connectivity index (χ4v) is 1.92. The van der Waals surface area contributed by atoms with Gasteiger partial charge in [0.05, 0.1) is 0 Å². The maximum absolute atomic E-state index is 11.3. The van der Waals surface area contributed by atoms with Gasteiger partial charge in [-0.1, -0.05) is 6.92 Å². The van der Waals surface area contributed by atoms with Gasteiger partial charge in [-0.25, -0.2) is 0 Å². The van der Waals surface area contributed by atoms with Gasteiger partial charge in [0.2, 0.25) is 11.8 Å². The molecule has 12 heavy (non-hydrogen) atoms. The van der Waals surface area contributed by atoms with Crippen LogP contribution in [0.25, 0.3) is 0 Å². The maximum atomic E-state index is 11.3. The average Bonchev–Trinajstić information content (AvgIpc) is 1.93. The van der Waals surface area contributed by atoms with E-state index < -0.39 is 0 Å². The molecule has 0 aromatic heterocycles. The zero-order valence-electron chi connectivity index (χ0n) is 7.02. The molecule has 0 aliphatic carbocycles. The van der Waals surface area contributed by atoms with Crippen molar-refractivity contribution in [2.24, 2.45) is 11.3 Å². The summed E-state index contributed by atoms with van der Waals surface area (Å²) in [5, 5.41) is 5.46. The minimum absolute atomic E-state index is 0.0311. The molecule has 0 aromatic rings. The molecule has 2 saturated heterocycles. The first kappa shape index (κ1) is 7.73. The van der Waals surface area contributed by atoms with Gasteiger partial charge in [-0.05, 0) is 0 Å². The fraction of sp³-hybridized carbons (Fsp3) is 0.750. The van der Waals surface area contributed by atoms with E-state index in [0.717, 1.165) is 13.1 Å². The molecule has 4 heteroatoms. The van der Waals surface area contributed by atoms with Crippen molar-refractivity contribution in [1.82, 2.24) is 10.6 Å². The Labute approximate surface area is 70.7 Å². The van der Waals surface area contributed by atoms with Crippen LogP contribution < -0.4 is 10.6 Å². The Morgan fingerprint density at radius 3 is 2.58 bits per heavy atom. The third kappa shape index (κ3) is 0.876. The second kappa shape index (κ2) is 2.29. The van der Waals surface area contributed by atoms with Crippen LogP contribution in [0.2, 0.25) is 0 Å². The van der Waals surface area contributed by atoms with Gasteiger partial charge in [0.15, 0.2) is 0 Å². The van der Waals surface area contributed by atoms with E-state index in [2.05, 4.69) is 10.6 Å². The van der Waals surface area contributed by atoms with Crippen molar-refractivity contribution >= 4 is 11.8 Å². The number of hydrogen-bond acceptors (Lipinski definition) is 3. The minimum Gasteiger partial charge on any atom is -0.315 e. The van der Waals surface area contributed by atoms with Crippen molar-refractivity contribution in [3.8, 4) is 0 Å². The zero-order chi connectivity index (χ0) is 8.77. The van der Waals surface area contributed by atoms with Gasteiger partial charge in [-0.2, -0.15) is 0 Å². The summed E-state index contributed by atoms with van der Waals surface area (Å²) in [6, 6.07) is 0. The molecule has 2 aliphatic rings. The Morgan fingerprint density at radius 2 is 2.08 bits per heavy atom. The topological polar surface area (TPSA) is 58.2 Å². The van der Waals surface area contributed by atoms with Gasteiger partial charge in [-0.15, -0.1) is 0 Å². The Balaban J connectivity index is 2.21. The molecule has 4 nitrogen and oxygen atoms in total. The smallest absolute Gasteiger partial charge is 0.230 e. The van der Waals surface area contributed by atoms with Crippen LogP contribution in [0.15, 0.2) is 0 Å². The molecule has 66 valence electrons. The molecule has 0 radical (unpaired) electrons. The molecule has 2 rings (SSSR count). The second-order valence-electron chi connectivity index (χ2n) is 3.78. The van der Waals surface area contributed by atoms with Gasteiger partial charge in [0, 0.05) is 30.8 Å². The molecule has 1 atom stereocenters. The highest BCUT2D eigenvalue weighted by atomic mass is 16.2. The molecule has 1 spiro atoms. The van der Waals surface area contributed by atoms with E-state index in [1.165, 1.54) is 0 Å². The van der Waals surface area contributed by atoms with E-state index in [0.29, 0.717) is 6.42 Å². The number of rotatable bonds is 0. The second-order valence-corrected chi connectivity index (χ2v) is 3.78. The van der Waals surface area contributed by atoms with Crippen LogP contribution in [0.5, 0.6) is 0 Å². The molecule has 0 bridgehead atoms. The Kier molecular flexibility index (Phi) is 1.48. The molecule has 2 amide bonds. The van der Waals surface area contributed by atoms with E-state index in [1.54, 1.807) is 0 Å². The molecule has 0 aromatic carbocycles. The SMILES string of the molecule is CC1C(=O)NC(=O)CC12CNC2. The first-order valence-corrected chi connectivity index (χ1v) is 4.18. The molecular weight excluding hydrogens is 156 g/mol. The van der Waals surface area contributed by atoms with Crippen LogP contribution in [0.4, 0.5) is 0 Å². The normalized spacial score (nSPS) is 32.9. The lowest BCUT2D eigenvalue weighted by Crippen LogP contribution is -2.64. The van der Waals surface area contributed by atoms with Gasteiger partial charge in [0.1, 0.15) is 0 Å². The largest absolute Gasteiger partial charge is 0.315 e. The number of hydrogen-bond donors (Lipinski definition) is 2. The number of nitrogens with one attached hydrogen (secondary N) is 2. The molecule has 0 saturated carbocycles. The molecule has 2 fully saturated rings. The zero-order valence-corrected chi connectivity index (χ0v) is 7.02. The first-order chi connectivity index (χ1) is 5.64. The highest BCUT2D eigenvalue weighted by Crippen LogP contribution is 2.38. The van der Waals surface area contributed by atoms with Crippen LogP contribution >= 0.6 is 0 Å². The van der Waals surface area contributed by atoms with E-state index >= 15 is 0 Å². The predicted octanol–water partition coefficient (Wildman–Crippen LogP) is -0.741. The minimum atomic E-state index is -0.125. The number of carbonyl (C=O) groups is 2. The van der Waals surface area contributed by atoms with Crippen LogP contribution in [0.3, 0.4) is 0 Å². The van der Waals surface area contributed by atoms with Crippen molar-refractivity contribution in [1.29, 1.82) is 0 Å². The summed E-state index contributed by atoms with van der Waals surface area (Å²) in [6.07, 6.45) is 0.493. The molecule has 2 N–H and O–H groups in total. The summed E-state index contributed by atoms with van der Waals surface area (Å²) in [5.41, 5.74) is -0.0700. The maximum Gasteiger partial charge on any atom is 0.230 e. The summed E-state index contributed by atoms with van der Waals surface area (Å²) >= 11 is 0. The highest BCUT2D eigenvalue weighted by Gasteiger charge is 2.49. The van der Waals surface area contributed by atoms with Crippen LogP contribution in [0, 0.1) is 11.3 Å². The summed E-state index contributed by atoms with van der Waals surface area (Å²) in [7, 11) is 0. The lowest BCUT2D eigenvalue weighted by molar-refractivity contribution is -0.145. The lowest BCUT2D eigenvalue weighted by Gasteiger charge is -2.48. The van der Waals surface area contributed by atoms with Crippen LogP contribution in [-0.4, -0.2) is 24.9 Å². The quantitative estimate of drug-likeness (QED) is 0.468. The lowest BCUT2D eigenvalue weighted by atomic mass is 9.67. The van der Waals surface area contributed by atoms with E-state index in [-0.39, 0.29) is 23.1 Å². The summed E-state index contributed by atoms with van der Waals surface area (Å²) < 4.78 is 0. The van der Waals surface area contributed by atoms with Crippen LogP contribution in [0.1, 0.15) is 13.3 Å². The fourth-order valence-electron chi connectivity index (χ4n) is 1.92. The van der Waals surface area contributed by atoms with Crippen molar-refractivity contribution < 1.29 is 9.59 Å². The number of imide groups is 1. The number of carbonyl (C=O) groups excluding carboxylic acids is 2. The first-order valence-electron chi connectivity index (χ1n) is 4.18. The van der Waals surface area contributed by atoms with Gasteiger partial charge in [0.25, 0.3) is 0 Å². The van der Waals surface area contributed by atoms with Crippen molar-refractivity contribution in [2.75, 3.05) is 13.1 Å². The Hall–Kier alpha value is -0.900. The summed E-state index contributed by atoms with van der Waals surface area (Å²) in [4.78, 5) is 22.3. The summed E-state index contributed by atoms with van der Waals surface area (Å²) in [5.74, 6) is -0.274. The number of piperidine rings is 1. The third-order valence-corrected chi connectivity index (χ3v) is 3.04. The molecule has 2 aliphatic heterocycles.